The maximum absolute atomic E-state index is 3.89. The van der Waals surface area contributed by atoms with Gasteiger partial charge in [0, 0.05) is 0 Å². The van der Waals surface area contributed by atoms with Crippen molar-refractivity contribution >= 4 is 0 Å². The number of hydrogen-bond acceptors (Lipinski definition) is 0. The molecule has 0 nitrogen and oxygen atoms in total. The van der Waals surface area contributed by atoms with E-state index in [1.54, 1.807) is 0 Å². The highest BCUT2D eigenvalue weighted by Gasteiger charge is 2.30. The van der Waals surface area contributed by atoms with Gasteiger partial charge in [-0.25, -0.2) is 0 Å². The van der Waals surface area contributed by atoms with Gasteiger partial charge in [-0.05, 0) is 30.6 Å². The first-order valence-electron chi connectivity index (χ1n) is 5.73. The Balaban J connectivity index is 4.47. The fourth-order valence-corrected chi connectivity index (χ4v) is 2.43. The van der Waals surface area contributed by atoms with E-state index in [0.29, 0.717) is 5.41 Å². The second-order valence-corrected chi connectivity index (χ2v) is 4.51. The molecule has 13 heavy (non-hydrogen) atoms. The van der Waals surface area contributed by atoms with E-state index in [1.165, 1.54) is 32.1 Å². The van der Waals surface area contributed by atoms with E-state index in [1.807, 2.05) is 0 Å². The average molecular weight is 182 g/mol. The topological polar surface area (TPSA) is 0 Å². The normalized spacial score (nSPS) is 12.1. The second-order valence-electron chi connectivity index (χ2n) is 4.51. The van der Waals surface area contributed by atoms with Crippen molar-refractivity contribution in [2.24, 2.45) is 11.3 Å². The minimum absolute atomic E-state index is 0.533. The Hall–Kier alpha value is -0.260. The summed E-state index contributed by atoms with van der Waals surface area (Å²) in [5.74, 6) is 0.783. The Labute approximate surface area is 84.4 Å². The third kappa shape index (κ3) is 3.54. The molecule has 0 unspecified atom stereocenters. The van der Waals surface area contributed by atoms with Crippen LogP contribution in [0.2, 0.25) is 0 Å². The predicted octanol–water partition coefficient (Wildman–Crippen LogP) is 4.81. The second kappa shape index (κ2) is 6.23. The molecular weight excluding hydrogens is 156 g/mol. The zero-order valence-electron chi connectivity index (χ0n) is 9.90. The molecule has 0 aliphatic carbocycles. The molecule has 0 aliphatic rings. The summed E-state index contributed by atoms with van der Waals surface area (Å²) in [5.41, 5.74) is 0.533. The largest absolute Gasteiger partial charge is 0.103 e. The van der Waals surface area contributed by atoms with Crippen LogP contribution >= 0.6 is 0 Å². The van der Waals surface area contributed by atoms with E-state index >= 15 is 0 Å². The first-order valence-corrected chi connectivity index (χ1v) is 5.73. The van der Waals surface area contributed by atoms with Crippen LogP contribution in [0.5, 0.6) is 0 Å². The molecule has 0 rings (SSSR count). The molecular formula is C13H26. The Morgan fingerprint density at radius 3 is 1.85 bits per heavy atom. The van der Waals surface area contributed by atoms with Crippen molar-refractivity contribution in [2.45, 2.75) is 59.8 Å². The van der Waals surface area contributed by atoms with Crippen LogP contribution in [0.4, 0.5) is 0 Å². The van der Waals surface area contributed by atoms with Gasteiger partial charge < -0.3 is 0 Å². The minimum Gasteiger partial charge on any atom is -0.103 e. The molecule has 0 saturated carbocycles. The van der Waals surface area contributed by atoms with Crippen LogP contribution in [-0.4, -0.2) is 0 Å². The summed E-state index contributed by atoms with van der Waals surface area (Å²) in [6, 6.07) is 0. The molecule has 0 heterocycles. The maximum Gasteiger partial charge on any atom is -0.0240 e. The van der Waals surface area contributed by atoms with Gasteiger partial charge in [0.25, 0.3) is 0 Å². The van der Waals surface area contributed by atoms with Crippen molar-refractivity contribution < 1.29 is 0 Å². The number of allylic oxidation sites excluding steroid dienone is 1. The highest BCUT2D eigenvalue weighted by atomic mass is 14.3. The molecule has 0 radical (unpaired) electrons. The van der Waals surface area contributed by atoms with Crippen molar-refractivity contribution in [3.05, 3.63) is 12.7 Å². The van der Waals surface area contributed by atoms with Gasteiger partial charge in [0.2, 0.25) is 0 Å². The lowest BCUT2D eigenvalue weighted by molar-refractivity contribution is 0.153. The molecule has 0 aliphatic heterocycles. The lowest BCUT2D eigenvalue weighted by atomic mass is 9.68. The summed E-state index contributed by atoms with van der Waals surface area (Å²) < 4.78 is 0. The molecule has 0 N–H and O–H groups in total. The summed E-state index contributed by atoms with van der Waals surface area (Å²) in [4.78, 5) is 0. The van der Waals surface area contributed by atoms with Crippen LogP contribution in [0, 0.1) is 11.3 Å². The van der Waals surface area contributed by atoms with E-state index in [4.69, 9.17) is 0 Å². The molecule has 0 aromatic heterocycles. The van der Waals surface area contributed by atoms with Gasteiger partial charge in [0.05, 0.1) is 0 Å². The molecule has 0 heteroatoms. The highest BCUT2D eigenvalue weighted by Crippen LogP contribution is 2.41. The van der Waals surface area contributed by atoms with E-state index in [2.05, 4.69) is 40.3 Å². The zero-order chi connectivity index (χ0) is 10.3. The fraction of sp³-hybridized carbons (Fsp3) is 0.846. The minimum atomic E-state index is 0.533. The summed E-state index contributed by atoms with van der Waals surface area (Å²) in [5, 5.41) is 0. The van der Waals surface area contributed by atoms with Crippen molar-refractivity contribution in [1.29, 1.82) is 0 Å². The fourth-order valence-electron chi connectivity index (χ4n) is 2.43. The van der Waals surface area contributed by atoms with Crippen LogP contribution in [0.15, 0.2) is 12.7 Å². The summed E-state index contributed by atoms with van der Waals surface area (Å²) >= 11 is 0. The Morgan fingerprint density at radius 1 is 1.15 bits per heavy atom. The van der Waals surface area contributed by atoms with Gasteiger partial charge in [-0.15, -0.1) is 6.58 Å². The quantitative estimate of drug-likeness (QED) is 0.496. The van der Waals surface area contributed by atoms with Gasteiger partial charge in [-0.3, -0.25) is 0 Å². The lowest BCUT2D eigenvalue weighted by Crippen LogP contribution is -2.26. The van der Waals surface area contributed by atoms with Gasteiger partial charge in [0.15, 0.2) is 0 Å². The Bertz CT molecular complexity index is 127. The highest BCUT2D eigenvalue weighted by molar-refractivity contribution is 4.88. The molecule has 0 saturated heterocycles. The molecule has 0 aromatic rings. The lowest BCUT2D eigenvalue weighted by Gasteiger charge is -2.37. The SMILES string of the molecule is C=CCC(CCC)(CCC)C(C)C. The smallest absolute Gasteiger partial charge is 0.0240 e. The van der Waals surface area contributed by atoms with Crippen LogP contribution in [0.1, 0.15) is 59.8 Å². The predicted molar refractivity (Wildman–Crippen MR) is 61.9 cm³/mol. The van der Waals surface area contributed by atoms with Gasteiger partial charge in [-0.1, -0.05) is 46.6 Å². The molecule has 0 aromatic carbocycles. The average Bonchev–Trinajstić information content (AvgIpc) is 2.05. The Morgan fingerprint density at radius 2 is 1.62 bits per heavy atom. The molecule has 78 valence electrons. The zero-order valence-corrected chi connectivity index (χ0v) is 9.90. The molecule has 0 atom stereocenters. The van der Waals surface area contributed by atoms with Gasteiger partial charge in [-0.2, -0.15) is 0 Å². The summed E-state index contributed by atoms with van der Waals surface area (Å²) in [6.45, 7) is 13.2. The molecule has 0 spiro atoms. The summed E-state index contributed by atoms with van der Waals surface area (Å²) in [6.07, 6.45) is 8.59. The molecule has 0 bridgehead atoms. The van der Waals surface area contributed by atoms with Crippen LogP contribution < -0.4 is 0 Å². The molecule has 0 amide bonds. The van der Waals surface area contributed by atoms with Crippen LogP contribution in [0.3, 0.4) is 0 Å². The maximum atomic E-state index is 3.89. The van der Waals surface area contributed by atoms with E-state index in [-0.39, 0.29) is 0 Å². The summed E-state index contributed by atoms with van der Waals surface area (Å²) in [7, 11) is 0. The Kier molecular flexibility index (Phi) is 6.11. The first-order chi connectivity index (χ1) is 6.13. The van der Waals surface area contributed by atoms with E-state index < -0.39 is 0 Å². The third-order valence-electron chi connectivity index (χ3n) is 3.27. The number of hydrogen-bond donors (Lipinski definition) is 0. The van der Waals surface area contributed by atoms with Gasteiger partial charge >= 0.3 is 0 Å². The standard InChI is InChI=1S/C13H26/c1-6-9-13(10-7-2,11-8-3)12(4)5/h6,12H,1,7-11H2,2-5H3. The van der Waals surface area contributed by atoms with E-state index in [0.717, 1.165) is 5.92 Å². The van der Waals surface area contributed by atoms with Crippen molar-refractivity contribution in [3.63, 3.8) is 0 Å². The third-order valence-corrected chi connectivity index (χ3v) is 3.27. The first kappa shape index (κ1) is 12.7. The van der Waals surface area contributed by atoms with Gasteiger partial charge in [0.1, 0.15) is 0 Å². The monoisotopic (exact) mass is 182 g/mol. The number of rotatable bonds is 7. The van der Waals surface area contributed by atoms with Crippen molar-refractivity contribution in [3.8, 4) is 0 Å². The van der Waals surface area contributed by atoms with E-state index in [9.17, 15) is 0 Å². The van der Waals surface area contributed by atoms with Crippen LogP contribution in [-0.2, 0) is 0 Å². The molecule has 0 fully saturated rings. The van der Waals surface area contributed by atoms with Crippen molar-refractivity contribution in [2.75, 3.05) is 0 Å². The van der Waals surface area contributed by atoms with Crippen molar-refractivity contribution in [1.82, 2.24) is 0 Å². The van der Waals surface area contributed by atoms with Crippen LogP contribution in [0.25, 0.3) is 0 Å².